The highest BCUT2D eigenvalue weighted by atomic mass is 16.5. The van der Waals surface area contributed by atoms with Crippen LogP contribution in [0.2, 0.25) is 0 Å². The summed E-state index contributed by atoms with van der Waals surface area (Å²) in [5.74, 6) is -0.419. The van der Waals surface area contributed by atoms with Gasteiger partial charge in [-0.3, -0.25) is 0 Å². The van der Waals surface area contributed by atoms with Gasteiger partial charge in [-0.2, -0.15) is 0 Å². The monoisotopic (exact) mass is 252 g/mol. The fourth-order valence-corrected chi connectivity index (χ4v) is 1.77. The Morgan fingerprint density at radius 1 is 1.39 bits per heavy atom. The molecule has 0 saturated carbocycles. The van der Waals surface area contributed by atoms with E-state index < -0.39 is 5.97 Å². The summed E-state index contributed by atoms with van der Waals surface area (Å²) in [6.45, 7) is 4.15. The largest absolute Gasteiger partial charge is 0.465 e. The molecule has 0 aliphatic heterocycles. The first kappa shape index (κ1) is 14.3. The summed E-state index contributed by atoms with van der Waals surface area (Å²) in [5.41, 5.74) is 7.70. The minimum Gasteiger partial charge on any atom is -0.465 e. The van der Waals surface area contributed by atoms with Crippen LogP contribution in [0.4, 0.5) is 11.4 Å². The van der Waals surface area contributed by atoms with Crippen molar-refractivity contribution in [3.63, 3.8) is 0 Å². The van der Waals surface area contributed by atoms with Crippen LogP contribution in [-0.4, -0.2) is 39.9 Å². The van der Waals surface area contributed by atoms with Crippen LogP contribution in [0.1, 0.15) is 17.3 Å². The van der Waals surface area contributed by atoms with Crippen LogP contribution in [0.15, 0.2) is 18.2 Å². The minimum absolute atomic E-state index is 0.394. The van der Waals surface area contributed by atoms with Crippen LogP contribution in [-0.2, 0) is 9.47 Å². The predicted molar refractivity (Wildman–Crippen MR) is 72.0 cm³/mol. The maximum atomic E-state index is 11.6. The van der Waals surface area contributed by atoms with Crippen molar-refractivity contribution in [1.29, 1.82) is 0 Å². The predicted octanol–water partition coefficient (Wildman–Crippen LogP) is 1.53. The van der Waals surface area contributed by atoms with E-state index >= 15 is 0 Å². The van der Waals surface area contributed by atoms with Crippen molar-refractivity contribution < 1.29 is 14.3 Å². The van der Waals surface area contributed by atoms with E-state index in [1.54, 1.807) is 19.2 Å². The quantitative estimate of drug-likeness (QED) is 0.614. The van der Waals surface area contributed by atoms with Crippen molar-refractivity contribution >= 4 is 17.3 Å². The number of ether oxygens (including phenoxy) is 2. The van der Waals surface area contributed by atoms with E-state index in [-0.39, 0.29) is 0 Å². The van der Waals surface area contributed by atoms with Crippen molar-refractivity contribution in [1.82, 2.24) is 0 Å². The first-order valence-electron chi connectivity index (χ1n) is 5.86. The fraction of sp³-hybridized carbons (Fsp3) is 0.462. The van der Waals surface area contributed by atoms with E-state index in [0.717, 1.165) is 18.8 Å². The second kappa shape index (κ2) is 6.86. The molecule has 1 aromatic rings. The van der Waals surface area contributed by atoms with Gasteiger partial charge in [0.05, 0.1) is 30.7 Å². The number of rotatable bonds is 6. The number of likely N-dealkylation sites (N-methyl/N-ethyl adjacent to an activating group) is 1. The van der Waals surface area contributed by atoms with Gasteiger partial charge < -0.3 is 20.1 Å². The number of nitrogens with zero attached hydrogens (tertiary/aromatic N) is 1. The van der Waals surface area contributed by atoms with Crippen LogP contribution in [0.25, 0.3) is 0 Å². The van der Waals surface area contributed by atoms with Gasteiger partial charge in [-0.05, 0) is 19.1 Å². The summed E-state index contributed by atoms with van der Waals surface area (Å²) in [5, 5.41) is 0. The molecule has 0 aliphatic carbocycles. The molecule has 5 heteroatoms. The van der Waals surface area contributed by atoms with E-state index in [9.17, 15) is 4.79 Å². The molecular weight excluding hydrogens is 232 g/mol. The Hall–Kier alpha value is -1.75. The van der Waals surface area contributed by atoms with Crippen LogP contribution in [0.3, 0.4) is 0 Å². The molecule has 1 rings (SSSR count). The normalized spacial score (nSPS) is 10.2. The maximum absolute atomic E-state index is 11.6. The Balaban J connectivity index is 3.04. The number of nitrogens with two attached hydrogens (primary N) is 1. The number of anilines is 2. The van der Waals surface area contributed by atoms with Gasteiger partial charge in [-0.25, -0.2) is 4.79 Å². The number of carbonyl (C=O) groups is 1. The molecular formula is C13H20N2O3. The molecule has 5 nitrogen and oxygen atoms in total. The average molecular weight is 252 g/mol. The smallest absolute Gasteiger partial charge is 0.340 e. The Labute approximate surface area is 107 Å². The van der Waals surface area contributed by atoms with Gasteiger partial charge in [-0.1, -0.05) is 6.07 Å². The van der Waals surface area contributed by atoms with Crippen molar-refractivity contribution in [2.75, 3.05) is 44.5 Å². The molecule has 0 spiro atoms. The highest BCUT2D eigenvalue weighted by molar-refractivity contribution is 5.98. The van der Waals surface area contributed by atoms with Crippen LogP contribution < -0.4 is 10.6 Å². The summed E-state index contributed by atoms with van der Waals surface area (Å²) in [6, 6.07) is 5.35. The number of hydrogen-bond acceptors (Lipinski definition) is 5. The number of methoxy groups -OCH3 is 2. The summed E-state index contributed by atoms with van der Waals surface area (Å²) < 4.78 is 9.76. The summed E-state index contributed by atoms with van der Waals surface area (Å²) in [7, 11) is 3.00. The van der Waals surface area contributed by atoms with E-state index in [1.165, 1.54) is 7.11 Å². The second-order valence-corrected chi connectivity index (χ2v) is 3.80. The number of esters is 1. The zero-order chi connectivity index (χ0) is 13.5. The molecule has 0 unspecified atom stereocenters. The highest BCUT2D eigenvalue weighted by Crippen LogP contribution is 2.27. The van der Waals surface area contributed by atoms with Gasteiger partial charge in [0.15, 0.2) is 0 Å². The Morgan fingerprint density at radius 2 is 2.11 bits per heavy atom. The highest BCUT2D eigenvalue weighted by Gasteiger charge is 2.15. The molecule has 0 radical (unpaired) electrons. The van der Waals surface area contributed by atoms with E-state index in [0.29, 0.717) is 17.9 Å². The lowest BCUT2D eigenvalue weighted by Gasteiger charge is -2.25. The third kappa shape index (κ3) is 3.13. The van der Waals surface area contributed by atoms with Crippen LogP contribution in [0.5, 0.6) is 0 Å². The molecule has 0 bridgehead atoms. The van der Waals surface area contributed by atoms with E-state index in [4.69, 9.17) is 15.2 Å². The van der Waals surface area contributed by atoms with Crippen molar-refractivity contribution in [3.05, 3.63) is 23.8 Å². The van der Waals surface area contributed by atoms with Crippen LogP contribution in [0, 0.1) is 0 Å². The average Bonchev–Trinajstić information content (AvgIpc) is 2.40. The van der Waals surface area contributed by atoms with Gasteiger partial charge in [0.25, 0.3) is 0 Å². The molecule has 0 heterocycles. The van der Waals surface area contributed by atoms with E-state index in [1.807, 2.05) is 13.0 Å². The van der Waals surface area contributed by atoms with Crippen LogP contribution >= 0.6 is 0 Å². The Kier molecular flexibility index (Phi) is 5.45. The van der Waals surface area contributed by atoms with Crippen molar-refractivity contribution in [2.45, 2.75) is 6.92 Å². The Bertz CT molecular complexity index is 407. The molecule has 0 saturated heterocycles. The van der Waals surface area contributed by atoms with Gasteiger partial charge in [-0.15, -0.1) is 0 Å². The lowest BCUT2D eigenvalue weighted by molar-refractivity contribution is 0.0602. The molecule has 100 valence electrons. The Morgan fingerprint density at radius 3 is 2.67 bits per heavy atom. The minimum atomic E-state index is -0.419. The number of para-hydroxylation sites is 1. The molecule has 1 aromatic carbocycles. The molecule has 0 atom stereocenters. The molecule has 0 amide bonds. The first-order chi connectivity index (χ1) is 8.65. The topological polar surface area (TPSA) is 64.8 Å². The number of benzene rings is 1. The van der Waals surface area contributed by atoms with Crippen molar-refractivity contribution in [3.8, 4) is 0 Å². The standard InChI is InChI=1S/C13H20N2O3/c1-4-15(8-9-17-2)11-7-5-6-10(12(11)14)13(16)18-3/h5-7H,4,8-9,14H2,1-3H3. The zero-order valence-corrected chi connectivity index (χ0v) is 11.1. The third-order valence-electron chi connectivity index (χ3n) is 2.78. The molecule has 2 N–H and O–H groups in total. The van der Waals surface area contributed by atoms with Gasteiger partial charge in [0.2, 0.25) is 0 Å². The number of nitrogen functional groups attached to an aromatic ring is 1. The molecule has 0 fully saturated rings. The van der Waals surface area contributed by atoms with Gasteiger partial charge in [0.1, 0.15) is 0 Å². The van der Waals surface area contributed by atoms with Gasteiger partial charge >= 0.3 is 5.97 Å². The summed E-state index contributed by atoms with van der Waals surface area (Å²) in [6.07, 6.45) is 0. The van der Waals surface area contributed by atoms with Crippen molar-refractivity contribution in [2.24, 2.45) is 0 Å². The third-order valence-corrected chi connectivity index (χ3v) is 2.78. The SMILES string of the molecule is CCN(CCOC)c1cccc(C(=O)OC)c1N. The lowest BCUT2D eigenvalue weighted by atomic mass is 10.1. The second-order valence-electron chi connectivity index (χ2n) is 3.80. The lowest BCUT2D eigenvalue weighted by Crippen LogP contribution is -2.28. The molecule has 0 aromatic heterocycles. The summed E-state index contributed by atoms with van der Waals surface area (Å²) in [4.78, 5) is 13.6. The summed E-state index contributed by atoms with van der Waals surface area (Å²) >= 11 is 0. The fourth-order valence-electron chi connectivity index (χ4n) is 1.77. The number of carbonyl (C=O) groups excluding carboxylic acids is 1. The first-order valence-corrected chi connectivity index (χ1v) is 5.86. The molecule has 0 aliphatic rings. The zero-order valence-electron chi connectivity index (χ0n) is 11.1. The van der Waals surface area contributed by atoms with E-state index in [2.05, 4.69) is 4.90 Å². The van der Waals surface area contributed by atoms with Gasteiger partial charge in [0, 0.05) is 20.2 Å². The number of hydrogen-bond donors (Lipinski definition) is 1. The maximum Gasteiger partial charge on any atom is 0.340 e. The molecule has 18 heavy (non-hydrogen) atoms.